The Balaban J connectivity index is 2.39. The fourth-order valence-corrected chi connectivity index (χ4v) is 2.26. The van der Waals surface area contributed by atoms with Gasteiger partial charge in [0.05, 0.1) is 6.20 Å². The quantitative estimate of drug-likeness (QED) is 0.659. The van der Waals surface area contributed by atoms with Crippen molar-refractivity contribution in [1.82, 2.24) is 14.6 Å². The Morgan fingerprint density at radius 1 is 1.33 bits per heavy atom. The molecule has 0 spiro atoms. The van der Waals surface area contributed by atoms with Crippen LogP contribution in [0, 0.1) is 6.92 Å². The summed E-state index contributed by atoms with van der Waals surface area (Å²) >= 11 is 0. The average Bonchev–Trinajstić information content (AvgIpc) is 2.85. The Hall–Kier alpha value is -3.09. The number of nitrogens with zero attached hydrogens (tertiary/aromatic N) is 2. The van der Waals surface area contributed by atoms with Gasteiger partial charge in [0.25, 0.3) is 5.56 Å². The second kappa shape index (κ2) is 4.48. The highest BCUT2D eigenvalue weighted by Gasteiger charge is 2.20. The number of aromatic carboxylic acids is 1. The maximum atomic E-state index is 12.2. The molecule has 0 saturated carbocycles. The van der Waals surface area contributed by atoms with Gasteiger partial charge < -0.3 is 15.2 Å². The third-order valence-electron chi connectivity index (χ3n) is 3.30. The zero-order chi connectivity index (χ0) is 15.1. The lowest BCUT2D eigenvalue weighted by atomic mass is 10.0. The minimum Gasteiger partial charge on any atom is -0.493 e. The Bertz CT molecular complexity index is 924. The molecule has 0 atom stereocenters. The number of carboxylic acids is 1. The van der Waals surface area contributed by atoms with Gasteiger partial charge in [-0.2, -0.15) is 9.61 Å². The van der Waals surface area contributed by atoms with Crippen LogP contribution in [0.3, 0.4) is 0 Å². The van der Waals surface area contributed by atoms with Crippen molar-refractivity contribution in [2.75, 3.05) is 0 Å². The van der Waals surface area contributed by atoms with Crippen LogP contribution in [0.25, 0.3) is 16.8 Å². The van der Waals surface area contributed by atoms with Crippen molar-refractivity contribution in [1.29, 1.82) is 0 Å². The van der Waals surface area contributed by atoms with Crippen molar-refractivity contribution < 1.29 is 15.0 Å². The number of aromatic amines is 1. The van der Waals surface area contributed by atoms with E-state index in [1.807, 2.05) is 19.1 Å². The molecular formula is C14H11N3O4. The van der Waals surface area contributed by atoms with Gasteiger partial charge in [-0.05, 0) is 18.1 Å². The van der Waals surface area contributed by atoms with Gasteiger partial charge in [-0.25, -0.2) is 4.79 Å². The minimum atomic E-state index is -1.23. The molecule has 0 fully saturated rings. The van der Waals surface area contributed by atoms with Crippen LogP contribution in [0.2, 0.25) is 0 Å². The molecule has 0 saturated heterocycles. The van der Waals surface area contributed by atoms with Crippen LogP contribution < -0.4 is 5.56 Å². The molecule has 0 aliphatic rings. The lowest BCUT2D eigenvalue weighted by Crippen LogP contribution is -2.14. The maximum absolute atomic E-state index is 12.2. The predicted octanol–water partition coefficient (Wildman–Crippen LogP) is 1.40. The van der Waals surface area contributed by atoms with E-state index in [4.69, 9.17) is 5.11 Å². The zero-order valence-corrected chi connectivity index (χ0v) is 11.0. The molecule has 2 aromatic heterocycles. The van der Waals surface area contributed by atoms with Crippen LogP contribution in [0.5, 0.6) is 5.88 Å². The molecule has 0 unspecified atom stereocenters. The number of hydrogen-bond donors (Lipinski definition) is 3. The number of hydrogen-bond acceptors (Lipinski definition) is 4. The molecule has 1 aromatic carbocycles. The van der Waals surface area contributed by atoms with Crippen LogP contribution in [0.15, 0.2) is 35.3 Å². The molecule has 0 bridgehead atoms. The highest BCUT2D eigenvalue weighted by molar-refractivity contribution is 5.94. The van der Waals surface area contributed by atoms with Gasteiger partial charge in [0.2, 0.25) is 5.88 Å². The van der Waals surface area contributed by atoms with Crippen molar-refractivity contribution in [3.05, 3.63) is 51.9 Å². The van der Waals surface area contributed by atoms with E-state index < -0.39 is 17.4 Å². The first kappa shape index (κ1) is 12.9. The molecule has 3 rings (SSSR count). The van der Waals surface area contributed by atoms with Gasteiger partial charge >= 0.3 is 5.97 Å². The molecule has 3 aromatic rings. The molecule has 0 aliphatic carbocycles. The zero-order valence-electron chi connectivity index (χ0n) is 11.0. The van der Waals surface area contributed by atoms with E-state index in [0.717, 1.165) is 16.3 Å². The van der Waals surface area contributed by atoms with E-state index in [2.05, 4.69) is 10.1 Å². The summed E-state index contributed by atoms with van der Waals surface area (Å²) in [6.45, 7) is 1.81. The smallest absolute Gasteiger partial charge is 0.341 e. The normalized spacial score (nSPS) is 10.9. The standard InChI is InChI=1S/C14H11N3O4/c1-7-4-2-3-5-8(7)10-12(18)16-11-9(14(20)21)6-15-17(11)13(10)19/h2-6,19H,1H3,(H,16,18)(H,20,21). The van der Waals surface area contributed by atoms with Crippen LogP contribution in [-0.4, -0.2) is 30.8 Å². The van der Waals surface area contributed by atoms with Crippen molar-refractivity contribution in [3.63, 3.8) is 0 Å². The molecule has 7 nitrogen and oxygen atoms in total. The summed E-state index contributed by atoms with van der Waals surface area (Å²) in [5, 5.41) is 23.1. The number of carbonyl (C=O) groups is 1. The summed E-state index contributed by atoms with van der Waals surface area (Å²) in [5.41, 5.74) is 0.618. The van der Waals surface area contributed by atoms with E-state index in [9.17, 15) is 14.7 Å². The van der Waals surface area contributed by atoms with Crippen LogP contribution in [-0.2, 0) is 0 Å². The molecule has 0 aliphatic heterocycles. The van der Waals surface area contributed by atoms with Crippen molar-refractivity contribution in [2.24, 2.45) is 0 Å². The van der Waals surface area contributed by atoms with Gasteiger partial charge in [0.1, 0.15) is 11.1 Å². The first-order chi connectivity index (χ1) is 10.0. The van der Waals surface area contributed by atoms with Crippen molar-refractivity contribution >= 4 is 11.6 Å². The van der Waals surface area contributed by atoms with Crippen LogP contribution in [0.1, 0.15) is 15.9 Å². The number of aryl methyl sites for hydroxylation is 1. The second-order valence-electron chi connectivity index (χ2n) is 4.59. The molecule has 3 N–H and O–H groups in total. The van der Waals surface area contributed by atoms with E-state index in [1.165, 1.54) is 0 Å². The van der Waals surface area contributed by atoms with Gasteiger partial charge in [0, 0.05) is 0 Å². The predicted molar refractivity (Wildman–Crippen MR) is 74.6 cm³/mol. The molecule has 0 radical (unpaired) electrons. The number of carboxylic acid groups (broad SMARTS) is 1. The van der Waals surface area contributed by atoms with Crippen molar-refractivity contribution in [3.8, 4) is 17.0 Å². The van der Waals surface area contributed by atoms with E-state index >= 15 is 0 Å². The lowest BCUT2D eigenvalue weighted by Gasteiger charge is -2.08. The fourth-order valence-electron chi connectivity index (χ4n) is 2.26. The Morgan fingerprint density at radius 3 is 2.71 bits per heavy atom. The van der Waals surface area contributed by atoms with Gasteiger partial charge in [-0.15, -0.1) is 0 Å². The van der Waals surface area contributed by atoms with E-state index in [1.54, 1.807) is 12.1 Å². The first-order valence-electron chi connectivity index (χ1n) is 6.13. The highest BCUT2D eigenvalue weighted by Crippen LogP contribution is 2.28. The second-order valence-corrected chi connectivity index (χ2v) is 4.59. The highest BCUT2D eigenvalue weighted by atomic mass is 16.4. The number of fused-ring (bicyclic) bond motifs is 1. The number of aromatic hydroxyl groups is 1. The monoisotopic (exact) mass is 285 g/mol. The van der Waals surface area contributed by atoms with Gasteiger partial charge in [0.15, 0.2) is 5.65 Å². The SMILES string of the molecule is Cc1ccccc1-c1c(O)n2ncc(C(=O)O)c2[nH]c1=O. The number of rotatable bonds is 2. The van der Waals surface area contributed by atoms with Crippen LogP contribution in [0.4, 0.5) is 0 Å². The topological polar surface area (TPSA) is 108 Å². The van der Waals surface area contributed by atoms with Crippen molar-refractivity contribution in [2.45, 2.75) is 6.92 Å². The summed E-state index contributed by atoms with van der Waals surface area (Å²) in [7, 11) is 0. The van der Waals surface area contributed by atoms with Crippen LogP contribution >= 0.6 is 0 Å². The number of benzene rings is 1. The summed E-state index contributed by atoms with van der Waals surface area (Å²) < 4.78 is 1.01. The molecule has 106 valence electrons. The third kappa shape index (κ3) is 1.86. The number of nitrogens with one attached hydrogen (secondary N) is 1. The Labute approximate surface area is 118 Å². The molecule has 2 heterocycles. The molecule has 21 heavy (non-hydrogen) atoms. The number of aromatic nitrogens is 3. The number of H-pyrrole nitrogens is 1. The summed E-state index contributed by atoms with van der Waals surface area (Å²) in [6, 6.07) is 7.08. The average molecular weight is 285 g/mol. The molecule has 7 heteroatoms. The minimum absolute atomic E-state index is 0.0534. The molecular weight excluding hydrogens is 274 g/mol. The lowest BCUT2D eigenvalue weighted by molar-refractivity contribution is 0.0699. The Morgan fingerprint density at radius 2 is 2.05 bits per heavy atom. The summed E-state index contributed by atoms with van der Waals surface area (Å²) in [6.07, 6.45) is 1.08. The summed E-state index contributed by atoms with van der Waals surface area (Å²) in [4.78, 5) is 25.7. The third-order valence-corrected chi connectivity index (χ3v) is 3.30. The fraction of sp³-hybridized carbons (Fsp3) is 0.0714. The first-order valence-corrected chi connectivity index (χ1v) is 6.13. The largest absolute Gasteiger partial charge is 0.493 e. The van der Waals surface area contributed by atoms with E-state index in [-0.39, 0.29) is 16.8 Å². The van der Waals surface area contributed by atoms with Gasteiger partial charge in [-0.1, -0.05) is 24.3 Å². The summed E-state index contributed by atoms with van der Waals surface area (Å²) in [5.74, 6) is -1.63. The molecule has 0 amide bonds. The van der Waals surface area contributed by atoms with Gasteiger partial charge in [-0.3, -0.25) is 4.79 Å². The Kier molecular flexibility index (Phi) is 2.76. The maximum Gasteiger partial charge on any atom is 0.341 e. The van der Waals surface area contributed by atoms with E-state index in [0.29, 0.717) is 5.56 Å².